The number of esters is 1. The molecule has 1 spiro atoms. The Kier molecular flexibility index (Phi) is 3.99. The highest BCUT2D eigenvalue weighted by atomic mass is 16.5. The number of piperidine rings is 1. The molecular weight excluding hydrogens is 408 g/mol. The molecule has 2 aliphatic heterocycles. The van der Waals surface area contributed by atoms with E-state index in [9.17, 15) is 15.0 Å². The molecule has 2 bridgehead atoms. The van der Waals surface area contributed by atoms with Crippen LogP contribution < -0.4 is 10.1 Å². The second kappa shape index (κ2) is 6.49. The standard InChI is InChI=1S/C25H26N2O5/c1-27-11-10-24-17-8-9-25(30,26-16-5-3-4-15(12-16)22(29)31-2)23(24)32-21-19(28)7-6-14(20(21)24)13-18(17)27/h3-9,12,17-18,23,26,28,30H,10-11,13H2,1-2H3/t17-,18+,23+,24-,25-/m0/s1. The first-order valence-electron chi connectivity index (χ1n) is 11.0. The molecule has 0 aromatic heterocycles. The minimum Gasteiger partial charge on any atom is -0.504 e. The van der Waals surface area contributed by atoms with E-state index in [1.54, 1.807) is 36.4 Å². The molecule has 3 N–H and O–H groups in total. The van der Waals surface area contributed by atoms with Gasteiger partial charge in [0.25, 0.3) is 0 Å². The van der Waals surface area contributed by atoms with Crippen LogP contribution in [0.1, 0.15) is 27.9 Å². The van der Waals surface area contributed by atoms with Gasteiger partial charge < -0.3 is 29.9 Å². The molecule has 7 heteroatoms. The zero-order valence-corrected chi connectivity index (χ0v) is 18.0. The molecule has 2 heterocycles. The Morgan fingerprint density at radius 2 is 2.16 bits per heavy atom. The van der Waals surface area contributed by atoms with Crippen LogP contribution in [-0.4, -0.2) is 59.7 Å². The van der Waals surface area contributed by atoms with E-state index in [0.29, 0.717) is 23.0 Å². The van der Waals surface area contributed by atoms with Crippen molar-refractivity contribution >= 4 is 11.7 Å². The maximum absolute atomic E-state index is 12.0. The van der Waals surface area contributed by atoms with Crippen LogP contribution in [0.2, 0.25) is 0 Å². The topological polar surface area (TPSA) is 91.3 Å². The number of phenols is 1. The summed E-state index contributed by atoms with van der Waals surface area (Å²) in [5, 5.41) is 25.8. The number of hydrogen-bond acceptors (Lipinski definition) is 7. The maximum atomic E-state index is 12.0. The Bertz CT molecular complexity index is 1160. The molecule has 2 aliphatic carbocycles. The first-order chi connectivity index (χ1) is 15.4. The Morgan fingerprint density at radius 3 is 2.97 bits per heavy atom. The van der Waals surface area contributed by atoms with Crippen molar-refractivity contribution < 1.29 is 24.5 Å². The lowest BCUT2D eigenvalue weighted by Gasteiger charge is -2.58. The van der Waals surface area contributed by atoms with Crippen LogP contribution in [0, 0.1) is 5.92 Å². The van der Waals surface area contributed by atoms with Crippen LogP contribution in [0.15, 0.2) is 48.6 Å². The van der Waals surface area contributed by atoms with E-state index >= 15 is 0 Å². The van der Waals surface area contributed by atoms with Gasteiger partial charge in [-0.2, -0.15) is 0 Å². The predicted molar refractivity (Wildman–Crippen MR) is 118 cm³/mol. The summed E-state index contributed by atoms with van der Waals surface area (Å²) in [5.41, 5.74) is 1.24. The van der Waals surface area contributed by atoms with E-state index in [0.717, 1.165) is 24.9 Å². The van der Waals surface area contributed by atoms with Gasteiger partial charge in [-0.3, -0.25) is 0 Å². The van der Waals surface area contributed by atoms with Crippen molar-refractivity contribution in [1.29, 1.82) is 0 Å². The molecule has 6 rings (SSSR count). The fraction of sp³-hybridized carbons (Fsp3) is 0.400. The second-order valence-electron chi connectivity index (χ2n) is 9.40. The zero-order valence-electron chi connectivity index (χ0n) is 18.0. The molecule has 0 amide bonds. The van der Waals surface area contributed by atoms with Crippen molar-refractivity contribution in [2.75, 3.05) is 26.0 Å². The summed E-state index contributed by atoms with van der Waals surface area (Å²) in [5.74, 6) is 0.333. The van der Waals surface area contributed by atoms with Gasteiger partial charge >= 0.3 is 5.97 Å². The van der Waals surface area contributed by atoms with Crippen LogP contribution in [0.5, 0.6) is 11.5 Å². The number of carbonyl (C=O) groups excluding carboxylic acids is 1. The number of carbonyl (C=O) groups is 1. The summed E-state index contributed by atoms with van der Waals surface area (Å²) in [6.07, 6.45) is 4.98. The number of aliphatic hydroxyl groups is 1. The van der Waals surface area contributed by atoms with E-state index in [4.69, 9.17) is 9.47 Å². The van der Waals surface area contributed by atoms with Crippen LogP contribution in [0.3, 0.4) is 0 Å². The molecule has 0 unspecified atom stereocenters. The number of hydrogen-bond donors (Lipinski definition) is 3. The van der Waals surface area contributed by atoms with Gasteiger partial charge in [0.1, 0.15) is 0 Å². The van der Waals surface area contributed by atoms with Crippen molar-refractivity contribution in [3.8, 4) is 11.5 Å². The minimum absolute atomic E-state index is 0.110. The molecule has 4 aliphatic rings. The normalized spacial score (nSPS) is 33.9. The Balaban J connectivity index is 1.47. The predicted octanol–water partition coefficient (Wildman–Crippen LogP) is 2.42. The van der Waals surface area contributed by atoms with Gasteiger partial charge in [0, 0.05) is 23.2 Å². The van der Waals surface area contributed by atoms with Crippen molar-refractivity contribution in [2.45, 2.75) is 36.1 Å². The van der Waals surface area contributed by atoms with Crippen LogP contribution in [0.4, 0.5) is 5.69 Å². The molecule has 1 fully saturated rings. The summed E-state index contributed by atoms with van der Waals surface area (Å²) >= 11 is 0. The van der Waals surface area contributed by atoms with Crippen molar-refractivity contribution in [3.63, 3.8) is 0 Å². The number of benzene rings is 2. The fourth-order valence-electron chi connectivity index (χ4n) is 6.48. The molecule has 32 heavy (non-hydrogen) atoms. The molecule has 2 aromatic rings. The molecule has 166 valence electrons. The number of methoxy groups -OCH3 is 1. The molecule has 2 aromatic carbocycles. The highest BCUT2D eigenvalue weighted by Gasteiger charge is 2.68. The van der Waals surface area contributed by atoms with Gasteiger partial charge in [0.2, 0.25) is 0 Å². The summed E-state index contributed by atoms with van der Waals surface area (Å²) in [6, 6.07) is 10.9. The molecule has 0 saturated carbocycles. The van der Waals surface area contributed by atoms with Crippen LogP contribution >= 0.6 is 0 Å². The lowest BCUT2D eigenvalue weighted by Crippen LogP contribution is -2.69. The van der Waals surface area contributed by atoms with Crippen molar-refractivity contribution in [2.24, 2.45) is 5.92 Å². The monoisotopic (exact) mass is 434 g/mol. The van der Waals surface area contributed by atoms with Gasteiger partial charge in [0.15, 0.2) is 23.3 Å². The third-order valence-corrected chi connectivity index (χ3v) is 7.86. The Hall–Kier alpha value is -3.03. The number of aromatic hydroxyl groups is 1. The molecule has 0 radical (unpaired) electrons. The Morgan fingerprint density at radius 1 is 1.31 bits per heavy atom. The minimum atomic E-state index is -1.52. The van der Waals surface area contributed by atoms with Gasteiger partial charge in [-0.1, -0.05) is 18.2 Å². The third-order valence-electron chi connectivity index (χ3n) is 7.86. The number of nitrogens with one attached hydrogen (secondary N) is 1. The SMILES string of the molecule is COC(=O)c1cccc(N[C@]2(O)C=C[C@H]3[C@H]4Cc5ccc(O)c6c5[C@@]3(CCN4C)[C@H]2O6)c1. The van der Waals surface area contributed by atoms with Crippen LogP contribution in [-0.2, 0) is 16.6 Å². The number of phenolic OH excluding ortho intramolecular Hbond substituents is 1. The number of likely N-dealkylation sites (N-methyl/N-ethyl adjacent to an activating group) is 1. The molecular formula is C25H26N2O5. The second-order valence-corrected chi connectivity index (χ2v) is 9.40. The third kappa shape index (κ3) is 2.40. The number of ether oxygens (including phenoxy) is 2. The number of nitrogens with zero attached hydrogens (tertiary/aromatic N) is 1. The van der Waals surface area contributed by atoms with Crippen LogP contribution in [0.25, 0.3) is 0 Å². The van der Waals surface area contributed by atoms with Gasteiger partial charge in [-0.25, -0.2) is 4.79 Å². The van der Waals surface area contributed by atoms with Gasteiger partial charge in [-0.05, 0) is 62.3 Å². The van der Waals surface area contributed by atoms with Crippen molar-refractivity contribution in [1.82, 2.24) is 4.90 Å². The fourth-order valence-corrected chi connectivity index (χ4v) is 6.48. The molecule has 5 atom stereocenters. The van der Waals surface area contributed by atoms with E-state index in [-0.39, 0.29) is 11.7 Å². The van der Waals surface area contributed by atoms with Gasteiger partial charge in [0.05, 0.1) is 18.1 Å². The highest BCUT2D eigenvalue weighted by Crippen LogP contribution is 2.63. The van der Waals surface area contributed by atoms with E-state index in [2.05, 4.69) is 23.3 Å². The lowest BCUT2D eigenvalue weighted by molar-refractivity contribution is -0.0847. The van der Waals surface area contributed by atoms with E-state index in [1.807, 2.05) is 6.07 Å². The summed E-state index contributed by atoms with van der Waals surface area (Å²) < 4.78 is 11.2. The van der Waals surface area contributed by atoms with E-state index in [1.165, 1.54) is 12.7 Å². The number of anilines is 1. The highest BCUT2D eigenvalue weighted by molar-refractivity contribution is 5.90. The quantitative estimate of drug-likeness (QED) is 0.388. The van der Waals surface area contributed by atoms with Crippen molar-refractivity contribution in [3.05, 3.63) is 65.2 Å². The summed E-state index contributed by atoms with van der Waals surface area (Å²) in [6.45, 7) is 0.886. The first kappa shape index (κ1) is 19.6. The first-order valence-corrected chi connectivity index (χ1v) is 11.0. The van der Waals surface area contributed by atoms with Gasteiger partial charge in [-0.15, -0.1) is 0 Å². The maximum Gasteiger partial charge on any atom is 0.337 e. The summed E-state index contributed by atoms with van der Waals surface area (Å²) in [4.78, 5) is 14.4. The molecule has 7 nitrogen and oxygen atoms in total. The average Bonchev–Trinajstić information content (AvgIpc) is 3.15. The lowest BCUT2D eigenvalue weighted by atomic mass is 9.52. The Labute approximate surface area is 186 Å². The number of rotatable bonds is 3. The average molecular weight is 434 g/mol. The molecule has 1 saturated heterocycles. The largest absolute Gasteiger partial charge is 0.504 e. The smallest absolute Gasteiger partial charge is 0.337 e. The summed E-state index contributed by atoms with van der Waals surface area (Å²) in [7, 11) is 3.49. The van der Waals surface area contributed by atoms with E-state index < -0.39 is 23.2 Å². The zero-order chi connectivity index (χ0) is 22.3. The number of likely N-dealkylation sites (tertiary alicyclic amines) is 1.